The standard InChI is InChI=1S/C10H11Cl2N5O2S/c1-5-8(6(2)17(3)15-5)20(18,19)16-10-7(11)9(12)13-4-14-10/h4H,1-3H3,(H,13,14,16). The van der Waals surface area contributed by atoms with E-state index in [0.717, 1.165) is 6.33 Å². The highest BCUT2D eigenvalue weighted by atomic mass is 35.5. The van der Waals surface area contributed by atoms with Crippen LogP contribution in [0.1, 0.15) is 11.4 Å². The van der Waals surface area contributed by atoms with Crippen molar-refractivity contribution in [3.8, 4) is 0 Å². The van der Waals surface area contributed by atoms with E-state index in [1.54, 1.807) is 20.9 Å². The summed E-state index contributed by atoms with van der Waals surface area (Å²) in [4.78, 5) is 7.51. The highest BCUT2D eigenvalue weighted by Crippen LogP contribution is 2.28. The molecule has 0 atom stereocenters. The average molecular weight is 336 g/mol. The van der Waals surface area contributed by atoms with E-state index in [0.29, 0.717) is 11.4 Å². The van der Waals surface area contributed by atoms with E-state index in [9.17, 15) is 8.42 Å². The van der Waals surface area contributed by atoms with Crippen LogP contribution in [0, 0.1) is 13.8 Å². The predicted molar refractivity (Wildman–Crippen MR) is 75.5 cm³/mol. The topological polar surface area (TPSA) is 89.8 Å². The van der Waals surface area contributed by atoms with Crippen molar-refractivity contribution in [2.45, 2.75) is 18.7 Å². The Balaban J connectivity index is 2.49. The molecule has 0 amide bonds. The van der Waals surface area contributed by atoms with Crippen LogP contribution in [0.4, 0.5) is 5.82 Å². The normalized spacial score (nSPS) is 11.7. The first-order chi connectivity index (χ1) is 9.24. The van der Waals surface area contributed by atoms with Crippen LogP contribution in [0.2, 0.25) is 10.2 Å². The molecular weight excluding hydrogens is 325 g/mol. The molecule has 0 aromatic carbocycles. The van der Waals surface area contributed by atoms with E-state index in [2.05, 4.69) is 19.8 Å². The maximum atomic E-state index is 12.4. The van der Waals surface area contributed by atoms with Crippen LogP contribution in [0.3, 0.4) is 0 Å². The molecule has 0 radical (unpaired) electrons. The summed E-state index contributed by atoms with van der Waals surface area (Å²) in [6.07, 6.45) is 1.12. The number of halogens is 2. The van der Waals surface area contributed by atoms with Crippen molar-refractivity contribution in [3.63, 3.8) is 0 Å². The highest BCUT2D eigenvalue weighted by molar-refractivity contribution is 7.92. The van der Waals surface area contributed by atoms with Gasteiger partial charge in [0.1, 0.15) is 16.2 Å². The SMILES string of the molecule is Cc1nn(C)c(C)c1S(=O)(=O)Nc1ncnc(Cl)c1Cl. The van der Waals surface area contributed by atoms with Crippen LogP contribution >= 0.6 is 23.2 Å². The lowest BCUT2D eigenvalue weighted by Crippen LogP contribution is -2.16. The molecule has 0 unspecified atom stereocenters. The highest BCUT2D eigenvalue weighted by Gasteiger charge is 2.25. The van der Waals surface area contributed by atoms with Gasteiger partial charge in [0.2, 0.25) is 0 Å². The molecule has 2 rings (SSSR count). The molecule has 20 heavy (non-hydrogen) atoms. The number of nitrogens with zero attached hydrogens (tertiary/aromatic N) is 4. The fraction of sp³-hybridized carbons (Fsp3) is 0.300. The number of hydrogen-bond donors (Lipinski definition) is 1. The Kier molecular flexibility index (Phi) is 3.90. The van der Waals surface area contributed by atoms with Gasteiger partial charge in [-0.3, -0.25) is 9.40 Å². The van der Waals surface area contributed by atoms with Gasteiger partial charge in [-0.25, -0.2) is 18.4 Å². The Morgan fingerprint density at radius 1 is 1.25 bits per heavy atom. The van der Waals surface area contributed by atoms with Gasteiger partial charge in [0.05, 0.1) is 11.4 Å². The molecule has 0 bridgehead atoms. The maximum absolute atomic E-state index is 12.4. The van der Waals surface area contributed by atoms with Crippen molar-refractivity contribution in [1.82, 2.24) is 19.7 Å². The van der Waals surface area contributed by atoms with Crippen LogP contribution in [-0.2, 0) is 17.1 Å². The van der Waals surface area contributed by atoms with E-state index >= 15 is 0 Å². The first-order valence-electron chi connectivity index (χ1n) is 5.43. The van der Waals surface area contributed by atoms with Gasteiger partial charge in [0.25, 0.3) is 10.0 Å². The lowest BCUT2D eigenvalue weighted by molar-refractivity contribution is 0.599. The molecular formula is C10H11Cl2N5O2S. The molecule has 10 heteroatoms. The van der Waals surface area contributed by atoms with Crippen LogP contribution in [0.5, 0.6) is 0 Å². The third kappa shape index (κ3) is 2.58. The largest absolute Gasteiger partial charge is 0.271 e. The van der Waals surface area contributed by atoms with Gasteiger partial charge in [-0.2, -0.15) is 5.10 Å². The number of aromatic nitrogens is 4. The van der Waals surface area contributed by atoms with Gasteiger partial charge in [0.15, 0.2) is 11.0 Å². The third-order valence-electron chi connectivity index (χ3n) is 2.69. The quantitative estimate of drug-likeness (QED) is 0.865. The van der Waals surface area contributed by atoms with Crippen LogP contribution in [-0.4, -0.2) is 28.2 Å². The van der Waals surface area contributed by atoms with Crippen LogP contribution in [0.25, 0.3) is 0 Å². The van der Waals surface area contributed by atoms with E-state index in [1.165, 1.54) is 4.68 Å². The molecule has 108 valence electrons. The van der Waals surface area contributed by atoms with Gasteiger partial charge in [-0.1, -0.05) is 23.2 Å². The third-order valence-corrected chi connectivity index (χ3v) is 5.02. The summed E-state index contributed by atoms with van der Waals surface area (Å²) < 4.78 is 28.6. The van der Waals surface area contributed by atoms with Crippen LogP contribution in [0.15, 0.2) is 11.2 Å². The number of rotatable bonds is 3. The zero-order valence-electron chi connectivity index (χ0n) is 10.8. The first-order valence-corrected chi connectivity index (χ1v) is 7.67. The van der Waals surface area contributed by atoms with Crippen molar-refractivity contribution >= 4 is 39.0 Å². The average Bonchev–Trinajstić information content (AvgIpc) is 2.59. The monoisotopic (exact) mass is 335 g/mol. The van der Waals surface area contributed by atoms with Gasteiger partial charge in [-0.05, 0) is 13.8 Å². The number of aryl methyl sites for hydroxylation is 2. The van der Waals surface area contributed by atoms with Crippen molar-refractivity contribution in [2.24, 2.45) is 7.05 Å². The number of hydrogen-bond acceptors (Lipinski definition) is 5. The molecule has 0 saturated heterocycles. The smallest absolute Gasteiger partial charge is 0.266 e. The Morgan fingerprint density at radius 2 is 1.90 bits per heavy atom. The molecule has 0 saturated carbocycles. The number of nitrogens with one attached hydrogen (secondary N) is 1. The van der Waals surface area contributed by atoms with E-state index < -0.39 is 10.0 Å². The summed E-state index contributed by atoms with van der Waals surface area (Å²) in [5.74, 6) is -0.0747. The summed E-state index contributed by atoms with van der Waals surface area (Å²) in [7, 11) is -2.20. The van der Waals surface area contributed by atoms with Crippen molar-refractivity contribution in [3.05, 3.63) is 27.9 Å². The summed E-state index contributed by atoms with van der Waals surface area (Å²) >= 11 is 11.6. The summed E-state index contributed by atoms with van der Waals surface area (Å²) in [5, 5.41) is 3.98. The Hall–Kier alpha value is -1.38. The zero-order chi connectivity index (χ0) is 15.1. The summed E-state index contributed by atoms with van der Waals surface area (Å²) in [6.45, 7) is 3.26. The van der Waals surface area contributed by atoms with Gasteiger partial charge in [0, 0.05) is 7.05 Å². The van der Waals surface area contributed by atoms with E-state index in [-0.39, 0.29) is 20.9 Å². The molecule has 0 aliphatic carbocycles. The first kappa shape index (κ1) is 15.0. The maximum Gasteiger partial charge on any atom is 0.266 e. The fourth-order valence-electron chi connectivity index (χ4n) is 1.74. The number of anilines is 1. The molecule has 7 nitrogen and oxygen atoms in total. The minimum atomic E-state index is -3.86. The minimum Gasteiger partial charge on any atom is -0.271 e. The van der Waals surface area contributed by atoms with Gasteiger partial charge < -0.3 is 0 Å². The predicted octanol–water partition coefficient (Wildman–Crippen LogP) is 1.93. The second-order valence-corrected chi connectivity index (χ2v) is 6.41. The molecule has 1 N–H and O–H groups in total. The lowest BCUT2D eigenvalue weighted by Gasteiger charge is -2.09. The van der Waals surface area contributed by atoms with Crippen molar-refractivity contribution in [1.29, 1.82) is 0 Å². The molecule has 0 fully saturated rings. The van der Waals surface area contributed by atoms with Crippen molar-refractivity contribution < 1.29 is 8.42 Å². The van der Waals surface area contributed by atoms with E-state index in [4.69, 9.17) is 23.2 Å². The summed E-state index contributed by atoms with van der Waals surface area (Å²) in [6, 6.07) is 0. The van der Waals surface area contributed by atoms with Gasteiger partial charge >= 0.3 is 0 Å². The second-order valence-electron chi connectivity index (χ2n) is 4.06. The Morgan fingerprint density at radius 3 is 2.45 bits per heavy atom. The van der Waals surface area contributed by atoms with Crippen molar-refractivity contribution in [2.75, 3.05) is 4.72 Å². The zero-order valence-corrected chi connectivity index (χ0v) is 13.2. The van der Waals surface area contributed by atoms with Gasteiger partial charge in [-0.15, -0.1) is 0 Å². The Bertz CT molecular complexity index is 772. The summed E-state index contributed by atoms with van der Waals surface area (Å²) in [5.41, 5.74) is 0.889. The molecule has 0 aliphatic rings. The molecule has 2 aromatic rings. The number of sulfonamides is 1. The molecule has 0 aliphatic heterocycles. The molecule has 0 spiro atoms. The molecule has 2 aromatic heterocycles. The molecule has 2 heterocycles. The Labute approximate surface area is 126 Å². The minimum absolute atomic E-state index is 0.0287. The second kappa shape index (κ2) is 5.19. The van der Waals surface area contributed by atoms with Crippen LogP contribution < -0.4 is 4.72 Å². The fourth-order valence-corrected chi connectivity index (χ4v) is 3.54. The lowest BCUT2D eigenvalue weighted by atomic mass is 10.4. The van der Waals surface area contributed by atoms with E-state index in [1.807, 2.05) is 0 Å².